The maximum absolute atomic E-state index is 12.0. The van der Waals surface area contributed by atoms with Crippen molar-refractivity contribution in [3.8, 4) is 11.4 Å². The lowest BCUT2D eigenvalue weighted by molar-refractivity contribution is 0.0696. The number of aromatic hydroxyl groups is 1. The second-order valence-corrected chi connectivity index (χ2v) is 5.37. The predicted octanol–water partition coefficient (Wildman–Crippen LogP) is 2.65. The Balaban J connectivity index is 1.78. The van der Waals surface area contributed by atoms with Crippen LogP contribution in [0.5, 0.6) is 5.75 Å². The zero-order valence-electron chi connectivity index (χ0n) is 13.5. The van der Waals surface area contributed by atoms with E-state index in [0.29, 0.717) is 11.4 Å². The van der Waals surface area contributed by atoms with E-state index in [1.807, 2.05) is 0 Å². The molecule has 1 amide bonds. The zero-order chi connectivity index (χ0) is 18.5. The quantitative estimate of drug-likeness (QED) is 0.486. The Hall–Kier alpha value is -3.87. The Labute approximate surface area is 148 Å². The van der Waals surface area contributed by atoms with Crippen molar-refractivity contribution in [2.75, 3.05) is 0 Å². The van der Waals surface area contributed by atoms with E-state index in [9.17, 15) is 14.7 Å². The number of carbonyl (C=O) groups excluding carboxylic acids is 1. The number of nitrogens with zero attached hydrogens (tertiary/aromatic N) is 2. The summed E-state index contributed by atoms with van der Waals surface area (Å²) in [7, 11) is 0. The standard InChI is InChI=1S/C19H15N3O4/c23-17-9-2-1-8-16(17)18(24)21-20-12-15-7-4-10-22(15)14-6-3-5-13(11-14)19(25)26/h1-12,23H,(H,21,24)(H,25,26)/b20-12+. The SMILES string of the molecule is O=C(O)c1cccc(-n2cccc2/C=N/NC(=O)c2ccccc2O)c1. The first-order valence-corrected chi connectivity index (χ1v) is 7.69. The number of amides is 1. The molecule has 0 fully saturated rings. The Morgan fingerprint density at radius 3 is 2.62 bits per heavy atom. The topological polar surface area (TPSA) is 104 Å². The predicted molar refractivity (Wildman–Crippen MR) is 95.9 cm³/mol. The number of para-hydroxylation sites is 1. The van der Waals surface area contributed by atoms with Gasteiger partial charge >= 0.3 is 5.97 Å². The van der Waals surface area contributed by atoms with Crippen LogP contribution >= 0.6 is 0 Å². The molecule has 0 spiro atoms. The molecule has 0 saturated carbocycles. The van der Waals surface area contributed by atoms with Gasteiger partial charge in [-0.25, -0.2) is 10.2 Å². The number of carbonyl (C=O) groups is 2. The fourth-order valence-electron chi connectivity index (χ4n) is 2.41. The van der Waals surface area contributed by atoms with Gasteiger partial charge in [0.05, 0.1) is 23.0 Å². The van der Waals surface area contributed by atoms with Crippen LogP contribution in [0, 0.1) is 0 Å². The maximum Gasteiger partial charge on any atom is 0.335 e. The molecule has 0 aliphatic carbocycles. The highest BCUT2D eigenvalue weighted by molar-refractivity contribution is 5.97. The third kappa shape index (κ3) is 3.62. The zero-order valence-corrected chi connectivity index (χ0v) is 13.5. The van der Waals surface area contributed by atoms with Crippen LogP contribution in [0.2, 0.25) is 0 Å². The van der Waals surface area contributed by atoms with E-state index in [-0.39, 0.29) is 16.9 Å². The monoisotopic (exact) mass is 349 g/mol. The fourth-order valence-corrected chi connectivity index (χ4v) is 2.41. The summed E-state index contributed by atoms with van der Waals surface area (Å²) in [5.74, 6) is -1.68. The number of hydrogen-bond acceptors (Lipinski definition) is 4. The van der Waals surface area contributed by atoms with Gasteiger partial charge in [0, 0.05) is 11.9 Å². The van der Waals surface area contributed by atoms with Gasteiger partial charge in [-0.15, -0.1) is 0 Å². The largest absolute Gasteiger partial charge is 0.507 e. The lowest BCUT2D eigenvalue weighted by atomic mass is 10.2. The molecule has 3 rings (SSSR count). The van der Waals surface area contributed by atoms with Gasteiger partial charge in [0.15, 0.2) is 0 Å². The van der Waals surface area contributed by atoms with E-state index in [0.717, 1.165) is 0 Å². The normalized spacial score (nSPS) is 10.8. The van der Waals surface area contributed by atoms with Gasteiger partial charge in [-0.3, -0.25) is 4.79 Å². The molecule has 2 aromatic carbocycles. The van der Waals surface area contributed by atoms with Crippen molar-refractivity contribution < 1.29 is 19.8 Å². The van der Waals surface area contributed by atoms with Gasteiger partial charge in [0.1, 0.15) is 5.75 Å². The molecule has 3 N–H and O–H groups in total. The summed E-state index contributed by atoms with van der Waals surface area (Å²) >= 11 is 0. The Bertz CT molecular complexity index is 992. The first-order chi connectivity index (χ1) is 12.6. The summed E-state index contributed by atoms with van der Waals surface area (Å²) < 4.78 is 1.74. The second kappa shape index (κ2) is 7.35. The molecular formula is C19H15N3O4. The molecule has 130 valence electrons. The number of carboxylic acids is 1. The highest BCUT2D eigenvalue weighted by Gasteiger charge is 2.09. The number of hydrogen-bond donors (Lipinski definition) is 3. The third-order valence-electron chi connectivity index (χ3n) is 3.66. The smallest absolute Gasteiger partial charge is 0.335 e. The van der Waals surface area contributed by atoms with Crippen LogP contribution in [0.4, 0.5) is 0 Å². The Morgan fingerprint density at radius 1 is 1.04 bits per heavy atom. The van der Waals surface area contributed by atoms with Crippen molar-refractivity contribution in [2.24, 2.45) is 5.10 Å². The van der Waals surface area contributed by atoms with Crippen molar-refractivity contribution in [1.29, 1.82) is 0 Å². The molecular weight excluding hydrogens is 334 g/mol. The molecule has 3 aromatic rings. The molecule has 0 unspecified atom stereocenters. The van der Waals surface area contributed by atoms with Crippen LogP contribution in [0.3, 0.4) is 0 Å². The Morgan fingerprint density at radius 2 is 1.85 bits per heavy atom. The number of benzene rings is 2. The average Bonchev–Trinajstić information content (AvgIpc) is 3.10. The second-order valence-electron chi connectivity index (χ2n) is 5.37. The van der Waals surface area contributed by atoms with Crippen LogP contribution in [0.1, 0.15) is 26.4 Å². The van der Waals surface area contributed by atoms with Crippen LogP contribution in [0.25, 0.3) is 5.69 Å². The third-order valence-corrected chi connectivity index (χ3v) is 3.66. The van der Waals surface area contributed by atoms with Crippen LogP contribution < -0.4 is 5.43 Å². The molecule has 0 aliphatic heterocycles. The number of hydrazone groups is 1. The fraction of sp³-hybridized carbons (Fsp3) is 0. The van der Waals surface area contributed by atoms with E-state index < -0.39 is 11.9 Å². The first-order valence-electron chi connectivity index (χ1n) is 7.69. The van der Waals surface area contributed by atoms with Crippen LogP contribution in [0.15, 0.2) is 72.0 Å². The number of carboxylic acid groups (broad SMARTS) is 1. The van der Waals surface area contributed by atoms with Crippen molar-refractivity contribution in [3.63, 3.8) is 0 Å². The number of aromatic carboxylic acids is 1. The Kier molecular flexibility index (Phi) is 4.80. The number of nitrogens with one attached hydrogen (secondary N) is 1. The average molecular weight is 349 g/mol. The lowest BCUT2D eigenvalue weighted by Crippen LogP contribution is -2.17. The van der Waals surface area contributed by atoms with Gasteiger partial charge < -0.3 is 14.8 Å². The van der Waals surface area contributed by atoms with E-state index in [4.69, 9.17) is 5.11 Å². The minimum atomic E-state index is -1.01. The summed E-state index contributed by atoms with van der Waals surface area (Å²) in [6.07, 6.45) is 3.19. The van der Waals surface area contributed by atoms with Crippen LogP contribution in [-0.2, 0) is 0 Å². The summed E-state index contributed by atoms with van der Waals surface area (Å²) in [5, 5.41) is 22.7. The molecule has 0 atom stereocenters. The molecule has 7 nitrogen and oxygen atoms in total. The number of rotatable bonds is 5. The molecule has 0 bridgehead atoms. The lowest BCUT2D eigenvalue weighted by Gasteiger charge is -2.07. The van der Waals surface area contributed by atoms with Crippen molar-refractivity contribution in [3.05, 3.63) is 83.7 Å². The minimum absolute atomic E-state index is 0.120. The van der Waals surface area contributed by atoms with E-state index in [1.165, 1.54) is 24.4 Å². The van der Waals surface area contributed by atoms with Gasteiger partial charge in [-0.2, -0.15) is 5.10 Å². The highest BCUT2D eigenvalue weighted by Crippen LogP contribution is 2.15. The maximum atomic E-state index is 12.0. The summed E-state index contributed by atoms with van der Waals surface area (Å²) in [5.41, 5.74) is 3.94. The van der Waals surface area contributed by atoms with E-state index in [1.54, 1.807) is 53.2 Å². The van der Waals surface area contributed by atoms with Gasteiger partial charge in [-0.1, -0.05) is 18.2 Å². The van der Waals surface area contributed by atoms with Crippen molar-refractivity contribution in [2.45, 2.75) is 0 Å². The molecule has 1 aromatic heterocycles. The summed E-state index contributed by atoms with van der Waals surface area (Å²) in [6, 6.07) is 16.2. The minimum Gasteiger partial charge on any atom is -0.507 e. The van der Waals surface area contributed by atoms with Crippen LogP contribution in [-0.4, -0.2) is 32.9 Å². The number of phenolic OH excluding ortho intramolecular Hbond substituents is 1. The van der Waals surface area contributed by atoms with E-state index >= 15 is 0 Å². The molecule has 7 heteroatoms. The van der Waals surface area contributed by atoms with E-state index in [2.05, 4.69) is 10.5 Å². The number of phenols is 1. The van der Waals surface area contributed by atoms with Crippen molar-refractivity contribution in [1.82, 2.24) is 9.99 Å². The molecule has 0 radical (unpaired) electrons. The summed E-state index contributed by atoms with van der Waals surface area (Å²) in [6.45, 7) is 0. The van der Waals surface area contributed by atoms with Gasteiger partial charge in [-0.05, 0) is 42.5 Å². The highest BCUT2D eigenvalue weighted by atomic mass is 16.4. The molecule has 0 aliphatic rings. The molecule has 26 heavy (non-hydrogen) atoms. The summed E-state index contributed by atoms with van der Waals surface area (Å²) in [4.78, 5) is 23.1. The molecule has 0 saturated heterocycles. The number of aromatic nitrogens is 1. The molecule has 1 heterocycles. The van der Waals surface area contributed by atoms with Gasteiger partial charge in [0.2, 0.25) is 0 Å². The van der Waals surface area contributed by atoms with Gasteiger partial charge in [0.25, 0.3) is 5.91 Å². The first kappa shape index (κ1) is 17.0. The van der Waals surface area contributed by atoms with Crippen molar-refractivity contribution >= 4 is 18.1 Å².